The number of allylic oxidation sites excluding steroid dienone is 1. The minimum absolute atomic E-state index is 0.229. The fourth-order valence-corrected chi connectivity index (χ4v) is 3.15. The van der Waals surface area contributed by atoms with Crippen LogP contribution in [0, 0.1) is 5.41 Å². The van der Waals surface area contributed by atoms with Gasteiger partial charge in [-0.1, -0.05) is 17.7 Å². The van der Waals surface area contributed by atoms with Crippen LogP contribution in [0.4, 0.5) is 0 Å². The smallest absolute Gasteiger partial charge is 0.0889 e. The first-order valence-electron chi connectivity index (χ1n) is 5.37. The van der Waals surface area contributed by atoms with E-state index in [2.05, 4.69) is 0 Å². The molecule has 2 N–H and O–H groups in total. The molecule has 1 saturated carbocycles. The zero-order chi connectivity index (χ0) is 10.2. The molecule has 0 aromatic rings. The molecule has 2 aliphatic carbocycles. The molecule has 0 aromatic carbocycles. The monoisotopic (exact) mass is 216 g/mol. The van der Waals surface area contributed by atoms with Gasteiger partial charge >= 0.3 is 0 Å². The molecule has 3 heteroatoms. The number of halogens is 1. The summed E-state index contributed by atoms with van der Waals surface area (Å²) in [6.07, 6.45) is 6.37. The SMILES string of the molecule is O[C@H]1CCC[C@]2(C=C(Cl)CCC2)[C@H]1O. The maximum atomic E-state index is 10.0. The molecular weight excluding hydrogens is 200 g/mol. The Bertz CT molecular complexity index is 252. The minimum Gasteiger partial charge on any atom is -0.390 e. The van der Waals surface area contributed by atoms with Crippen LogP contribution in [0.3, 0.4) is 0 Å². The molecule has 0 aromatic heterocycles. The number of hydrogen-bond donors (Lipinski definition) is 2. The van der Waals surface area contributed by atoms with Gasteiger partial charge in [-0.3, -0.25) is 0 Å². The Hall–Kier alpha value is -0.0500. The van der Waals surface area contributed by atoms with Crippen LogP contribution < -0.4 is 0 Å². The third-order valence-electron chi connectivity index (χ3n) is 3.60. The molecule has 0 aliphatic heterocycles. The van der Waals surface area contributed by atoms with Gasteiger partial charge in [0, 0.05) is 10.4 Å². The Labute approximate surface area is 89.6 Å². The summed E-state index contributed by atoms with van der Waals surface area (Å²) in [4.78, 5) is 0. The van der Waals surface area contributed by atoms with Gasteiger partial charge < -0.3 is 10.2 Å². The molecule has 0 saturated heterocycles. The topological polar surface area (TPSA) is 40.5 Å². The van der Waals surface area contributed by atoms with Gasteiger partial charge in [-0.25, -0.2) is 0 Å². The Morgan fingerprint density at radius 2 is 2.00 bits per heavy atom. The average molecular weight is 217 g/mol. The summed E-state index contributed by atoms with van der Waals surface area (Å²) < 4.78 is 0. The van der Waals surface area contributed by atoms with Crippen molar-refractivity contribution in [3.63, 3.8) is 0 Å². The normalized spacial score (nSPS) is 43.8. The zero-order valence-corrected chi connectivity index (χ0v) is 9.00. The van der Waals surface area contributed by atoms with Crippen LogP contribution in [-0.2, 0) is 0 Å². The molecule has 0 heterocycles. The molecule has 14 heavy (non-hydrogen) atoms. The molecular formula is C11H17ClO2. The second kappa shape index (κ2) is 3.84. The van der Waals surface area contributed by atoms with Crippen LogP contribution in [-0.4, -0.2) is 22.4 Å². The Kier molecular flexibility index (Phi) is 2.87. The highest BCUT2D eigenvalue weighted by Gasteiger charge is 2.43. The van der Waals surface area contributed by atoms with Gasteiger partial charge in [0.15, 0.2) is 0 Å². The van der Waals surface area contributed by atoms with Gasteiger partial charge in [-0.05, 0) is 38.5 Å². The van der Waals surface area contributed by atoms with Gasteiger partial charge in [0.2, 0.25) is 0 Å². The van der Waals surface area contributed by atoms with Crippen molar-refractivity contribution in [3.8, 4) is 0 Å². The lowest BCUT2D eigenvalue weighted by Gasteiger charge is -2.44. The third-order valence-corrected chi connectivity index (χ3v) is 3.90. The summed E-state index contributed by atoms with van der Waals surface area (Å²) in [5.74, 6) is 0. The van der Waals surface area contributed by atoms with E-state index in [1.807, 2.05) is 6.08 Å². The van der Waals surface area contributed by atoms with Crippen molar-refractivity contribution < 1.29 is 10.2 Å². The van der Waals surface area contributed by atoms with Crippen LogP contribution in [0.2, 0.25) is 0 Å². The lowest BCUT2D eigenvalue weighted by Crippen LogP contribution is -2.46. The van der Waals surface area contributed by atoms with E-state index in [0.717, 1.165) is 37.1 Å². The van der Waals surface area contributed by atoms with Gasteiger partial charge in [0.05, 0.1) is 12.2 Å². The third kappa shape index (κ3) is 1.71. The minimum atomic E-state index is -0.620. The van der Waals surface area contributed by atoms with Gasteiger partial charge in [-0.15, -0.1) is 0 Å². The van der Waals surface area contributed by atoms with E-state index in [0.29, 0.717) is 6.42 Å². The van der Waals surface area contributed by atoms with E-state index in [1.54, 1.807) is 0 Å². The second-order valence-electron chi connectivity index (χ2n) is 4.58. The average Bonchev–Trinajstić information content (AvgIpc) is 2.14. The summed E-state index contributed by atoms with van der Waals surface area (Å²) >= 11 is 6.02. The molecule has 1 fully saturated rings. The first kappa shape index (κ1) is 10.5. The first-order valence-corrected chi connectivity index (χ1v) is 5.75. The molecule has 80 valence electrons. The van der Waals surface area contributed by atoms with E-state index < -0.39 is 12.2 Å². The molecule has 0 radical (unpaired) electrons. The quantitative estimate of drug-likeness (QED) is 0.652. The van der Waals surface area contributed by atoms with E-state index in [-0.39, 0.29) is 5.41 Å². The predicted octanol–water partition coefficient (Wildman–Crippen LogP) is 2.19. The second-order valence-corrected chi connectivity index (χ2v) is 5.07. The highest BCUT2D eigenvalue weighted by Crippen LogP contribution is 2.46. The standard InChI is InChI=1S/C11H17ClO2/c12-8-3-1-5-11(7-8)6-2-4-9(13)10(11)14/h7,9-10,13-14H,1-6H2/t9-,10-,11+/m0/s1. The molecule has 2 aliphatic rings. The Balaban J connectivity index is 2.24. The highest BCUT2D eigenvalue weighted by molar-refractivity contribution is 6.29. The van der Waals surface area contributed by atoms with E-state index in [9.17, 15) is 10.2 Å². The maximum absolute atomic E-state index is 10.0. The molecule has 0 unspecified atom stereocenters. The molecule has 3 atom stereocenters. The lowest BCUT2D eigenvalue weighted by atomic mass is 9.66. The van der Waals surface area contributed by atoms with Crippen molar-refractivity contribution in [2.24, 2.45) is 5.41 Å². The van der Waals surface area contributed by atoms with Crippen LogP contribution in [0.25, 0.3) is 0 Å². The first-order chi connectivity index (χ1) is 6.64. The largest absolute Gasteiger partial charge is 0.390 e. The van der Waals surface area contributed by atoms with E-state index >= 15 is 0 Å². The predicted molar refractivity (Wildman–Crippen MR) is 56.1 cm³/mol. The number of rotatable bonds is 0. The van der Waals surface area contributed by atoms with Crippen molar-refractivity contribution >= 4 is 11.6 Å². The van der Waals surface area contributed by atoms with Crippen LogP contribution in [0.15, 0.2) is 11.1 Å². The molecule has 0 bridgehead atoms. The van der Waals surface area contributed by atoms with Crippen molar-refractivity contribution in [2.75, 3.05) is 0 Å². The van der Waals surface area contributed by atoms with Gasteiger partial charge in [0.1, 0.15) is 0 Å². The Morgan fingerprint density at radius 3 is 2.71 bits per heavy atom. The van der Waals surface area contributed by atoms with Gasteiger partial charge in [0.25, 0.3) is 0 Å². The summed E-state index contributed by atoms with van der Waals surface area (Å²) in [6.45, 7) is 0. The summed E-state index contributed by atoms with van der Waals surface area (Å²) in [5, 5.41) is 20.5. The molecule has 2 rings (SSSR count). The Morgan fingerprint density at radius 1 is 1.29 bits per heavy atom. The summed E-state index contributed by atoms with van der Waals surface area (Å²) in [7, 11) is 0. The fourth-order valence-electron chi connectivity index (χ4n) is 2.80. The van der Waals surface area contributed by atoms with Crippen molar-refractivity contribution in [3.05, 3.63) is 11.1 Å². The van der Waals surface area contributed by atoms with Crippen LogP contribution in [0.5, 0.6) is 0 Å². The van der Waals surface area contributed by atoms with Crippen molar-refractivity contribution in [1.82, 2.24) is 0 Å². The highest BCUT2D eigenvalue weighted by atomic mass is 35.5. The summed E-state index contributed by atoms with van der Waals surface area (Å²) in [6, 6.07) is 0. The molecule has 0 amide bonds. The van der Waals surface area contributed by atoms with Crippen LogP contribution >= 0.6 is 11.6 Å². The molecule has 2 nitrogen and oxygen atoms in total. The van der Waals surface area contributed by atoms with E-state index in [1.165, 1.54) is 0 Å². The van der Waals surface area contributed by atoms with Crippen molar-refractivity contribution in [1.29, 1.82) is 0 Å². The van der Waals surface area contributed by atoms with E-state index in [4.69, 9.17) is 11.6 Å². The van der Waals surface area contributed by atoms with Gasteiger partial charge in [-0.2, -0.15) is 0 Å². The number of aliphatic hydroxyl groups excluding tert-OH is 2. The van der Waals surface area contributed by atoms with Crippen LogP contribution in [0.1, 0.15) is 38.5 Å². The number of aliphatic hydroxyl groups is 2. The maximum Gasteiger partial charge on any atom is 0.0889 e. The number of hydrogen-bond acceptors (Lipinski definition) is 2. The summed E-state index contributed by atoms with van der Waals surface area (Å²) in [5.41, 5.74) is -0.229. The molecule has 1 spiro atoms. The fraction of sp³-hybridized carbons (Fsp3) is 0.818. The van der Waals surface area contributed by atoms with Crippen molar-refractivity contribution in [2.45, 2.75) is 50.7 Å². The lowest BCUT2D eigenvalue weighted by molar-refractivity contribution is -0.0805. The zero-order valence-electron chi connectivity index (χ0n) is 8.25.